The van der Waals surface area contributed by atoms with Crippen molar-refractivity contribution in [2.75, 3.05) is 19.8 Å². The molecular weight excluding hydrogens is 254 g/mol. The maximum absolute atomic E-state index is 9.49. The van der Waals surface area contributed by atoms with E-state index in [-0.39, 0.29) is 5.67 Å². The maximum atomic E-state index is 9.49. The summed E-state index contributed by atoms with van der Waals surface area (Å²) in [4.78, 5) is 0. The Morgan fingerprint density at radius 2 is 1.39 bits per heavy atom. The second-order valence-electron chi connectivity index (χ2n) is 4.03. The number of hydrogen-bond acceptors (Lipinski definition) is 6. The molecule has 0 amide bonds. The van der Waals surface area contributed by atoms with E-state index in [2.05, 4.69) is 5.32 Å². The van der Waals surface area contributed by atoms with Crippen molar-refractivity contribution in [3.05, 3.63) is 0 Å². The summed E-state index contributed by atoms with van der Waals surface area (Å²) in [6.45, 7) is 10.1. The summed E-state index contributed by atoms with van der Waals surface area (Å²) in [6, 6.07) is 0. The van der Waals surface area contributed by atoms with Gasteiger partial charge < -0.3 is 23.5 Å². The fraction of sp³-hybridized carbons (Fsp3) is 1.00. The highest BCUT2D eigenvalue weighted by Crippen LogP contribution is 2.19. The highest BCUT2D eigenvalue weighted by atomic mass is 28.4. The van der Waals surface area contributed by atoms with Gasteiger partial charge in [-0.05, 0) is 27.2 Å². The fourth-order valence-corrected chi connectivity index (χ4v) is 4.81. The van der Waals surface area contributed by atoms with Gasteiger partial charge in [-0.15, -0.1) is 0 Å². The lowest BCUT2D eigenvalue weighted by atomic mass is 10.4. The van der Waals surface area contributed by atoms with Crippen LogP contribution in [-0.2, 0) is 13.3 Å². The van der Waals surface area contributed by atoms with E-state index >= 15 is 0 Å². The van der Waals surface area contributed by atoms with E-state index in [0.29, 0.717) is 26.2 Å². The molecule has 0 aliphatic carbocycles. The van der Waals surface area contributed by atoms with E-state index in [1.807, 2.05) is 27.7 Å². The number of nitrogens with one attached hydrogen (secondary N) is 1. The van der Waals surface area contributed by atoms with E-state index in [1.165, 1.54) is 6.92 Å². The molecule has 0 fully saturated rings. The van der Waals surface area contributed by atoms with Crippen molar-refractivity contribution in [1.82, 2.24) is 5.32 Å². The first-order valence-corrected chi connectivity index (χ1v) is 8.29. The maximum Gasteiger partial charge on any atom is 0.518 e. The largest absolute Gasteiger partial charge is 0.518 e. The number of hydrogen-bond donors (Lipinski definition) is 3. The zero-order valence-electron chi connectivity index (χ0n) is 12.0. The lowest BCUT2D eigenvalue weighted by Gasteiger charge is -2.37. The molecule has 18 heavy (non-hydrogen) atoms. The molecule has 0 saturated heterocycles. The Morgan fingerprint density at radius 1 is 1.00 bits per heavy atom. The van der Waals surface area contributed by atoms with Crippen molar-refractivity contribution in [1.29, 1.82) is 0 Å². The van der Waals surface area contributed by atoms with E-state index in [1.54, 1.807) is 0 Å². The van der Waals surface area contributed by atoms with Crippen molar-refractivity contribution < 1.29 is 23.5 Å². The predicted molar refractivity (Wildman–Crippen MR) is 70.7 cm³/mol. The second-order valence-corrected chi connectivity index (χ2v) is 6.80. The molecule has 1 atom stereocenters. The Bertz CT molecular complexity index is 205. The van der Waals surface area contributed by atoms with Crippen LogP contribution in [0.15, 0.2) is 0 Å². The van der Waals surface area contributed by atoms with Crippen LogP contribution >= 0.6 is 0 Å². The molecule has 0 aliphatic heterocycles. The molecule has 3 N–H and O–H groups in total. The molecule has 6 nitrogen and oxygen atoms in total. The molecular formula is C11H27NO5Si. The van der Waals surface area contributed by atoms with Gasteiger partial charge in [-0.2, -0.15) is 0 Å². The van der Waals surface area contributed by atoms with Crippen LogP contribution in [0.4, 0.5) is 0 Å². The normalized spacial score (nSPS) is 14.8. The smallest absolute Gasteiger partial charge is 0.373 e. The zero-order chi connectivity index (χ0) is 14.2. The summed E-state index contributed by atoms with van der Waals surface area (Å²) in [5.74, 6) is -1.98. The summed E-state index contributed by atoms with van der Waals surface area (Å²) >= 11 is 0. The average molecular weight is 281 g/mol. The fourth-order valence-electron chi connectivity index (χ4n) is 1.80. The van der Waals surface area contributed by atoms with E-state index in [0.717, 1.165) is 0 Å². The van der Waals surface area contributed by atoms with E-state index in [4.69, 9.17) is 13.3 Å². The van der Waals surface area contributed by atoms with Crippen molar-refractivity contribution in [2.45, 2.75) is 52.6 Å². The second kappa shape index (κ2) is 8.21. The zero-order valence-corrected chi connectivity index (χ0v) is 13.0. The van der Waals surface area contributed by atoms with E-state index < -0.39 is 14.7 Å². The monoisotopic (exact) mass is 281 g/mol. The Hall–Kier alpha value is -0.0231. The van der Waals surface area contributed by atoms with Gasteiger partial charge in [0.25, 0.3) is 0 Å². The Morgan fingerprint density at radius 3 is 1.61 bits per heavy atom. The molecule has 7 heteroatoms. The summed E-state index contributed by atoms with van der Waals surface area (Å²) in [5, 5.41) is 21.7. The van der Waals surface area contributed by atoms with Crippen LogP contribution in [0.5, 0.6) is 0 Å². The van der Waals surface area contributed by atoms with Crippen LogP contribution < -0.4 is 5.32 Å². The van der Waals surface area contributed by atoms with Crippen molar-refractivity contribution >= 4 is 8.80 Å². The lowest BCUT2D eigenvalue weighted by molar-refractivity contribution is -0.175. The Kier molecular flexibility index (Phi) is 8.20. The summed E-state index contributed by atoms with van der Waals surface area (Å²) in [6.07, 6.45) is 0.614. The molecule has 0 rings (SSSR count). The van der Waals surface area contributed by atoms with Crippen LogP contribution in [0, 0.1) is 0 Å². The summed E-state index contributed by atoms with van der Waals surface area (Å²) < 4.78 is 17.2. The van der Waals surface area contributed by atoms with Gasteiger partial charge in [0.05, 0.1) is 5.67 Å². The summed E-state index contributed by atoms with van der Waals surface area (Å²) in [7, 11) is -2.97. The quantitative estimate of drug-likeness (QED) is 0.402. The molecule has 0 aromatic heterocycles. The van der Waals surface area contributed by atoms with Crippen molar-refractivity contribution in [3.8, 4) is 0 Å². The molecule has 0 aromatic rings. The van der Waals surface area contributed by atoms with Gasteiger partial charge >= 0.3 is 8.80 Å². The minimum Gasteiger partial charge on any atom is -0.373 e. The predicted octanol–water partition coefficient (Wildman–Crippen LogP) is 0.600. The van der Waals surface area contributed by atoms with Gasteiger partial charge in [-0.3, -0.25) is 5.32 Å². The van der Waals surface area contributed by atoms with Gasteiger partial charge in [-0.25, -0.2) is 0 Å². The average Bonchev–Trinajstić information content (AvgIpc) is 2.25. The molecule has 0 aromatic carbocycles. The first-order valence-electron chi connectivity index (χ1n) is 6.49. The lowest BCUT2D eigenvalue weighted by Crippen LogP contribution is -2.66. The van der Waals surface area contributed by atoms with Gasteiger partial charge in [0.2, 0.25) is 5.91 Å². The van der Waals surface area contributed by atoms with Crippen molar-refractivity contribution in [2.24, 2.45) is 0 Å². The van der Waals surface area contributed by atoms with Crippen molar-refractivity contribution in [3.63, 3.8) is 0 Å². The van der Waals surface area contributed by atoms with Crippen LogP contribution in [0.3, 0.4) is 0 Å². The molecule has 0 saturated carbocycles. The first kappa shape index (κ1) is 18.0. The summed E-state index contributed by atoms with van der Waals surface area (Å²) in [5.41, 5.74) is -0.364. The minimum atomic E-state index is -2.97. The molecule has 0 heterocycles. The minimum absolute atomic E-state index is 0.364. The van der Waals surface area contributed by atoms with Crippen LogP contribution in [0.2, 0.25) is 0 Å². The van der Waals surface area contributed by atoms with Gasteiger partial charge in [0.1, 0.15) is 0 Å². The van der Waals surface area contributed by atoms with Gasteiger partial charge in [-0.1, -0.05) is 6.92 Å². The van der Waals surface area contributed by atoms with Crippen LogP contribution in [0.25, 0.3) is 0 Å². The van der Waals surface area contributed by atoms with Gasteiger partial charge in [0, 0.05) is 26.7 Å². The molecule has 1 unspecified atom stereocenters. The SMILES string of the molecule is CCO[Si](OCC)(OCC)C(CC)NC(C)(O)O. The molecule has 0 spiro atoms. The third-order valence-corrected chi connectivity index (χ3v) is 5.80. The Labute approximate surface area is 111 Å². The number of aliphatic hydroxyl groups is 2. The van der Waals surface area contributed by atoms with Crippen LogP contribution in [0.1, 0.15) is 41.0 Å². The van der Waals surface area contributed by atoms with E-state index in [9.17, 15) is 10.2 Å². The highest BCUT2D eigenvalue weighted by molar-refractivity contribution is 6.62. The van der Waals surface area contributed by atoms with Gasteiger partial charge in [0.15, 0.2) is 0 Å². The molecule has 110 valence electrons. The van der Waals surface area contributed by atoms with Crippen LogP contribution in [-0.4, -0.2) is 50.4 Å². The first-order chi connectivity index (χ1) is 8.35. The number of rotatable bonds is 10. The molecule has 0 radical (unpaired) electrons. The molecule has 0 aliphatic rings. The Balaban J connectivity index is 5.06. The molecule has 0 bridgehead atoms. The standard InChI is InChI=1S/C11H27NO5Si/c1-6-10(12-11(5,13)14)18(15-7-2,16-8-3)17-9-4/h10,12-14H,6-9H2,1-5H3. The topological polar surface area (TPSA) is 80.2 Å². The third kappa shape index (κ3) is 5.74. The third-order valence-electron chi connectivity index (χ3n) is 2.32. The highest BCUT2D eigenvalue weighted by Gasteiger charge is 2.50.